The van der Waals surface area contributed by atoms with E-state index in [0.717, 1.165) is 31.1 Å². The average Bonchev–Trinajstić information content (AvgIpc) is 2.55. The Morgan fingerprint density at radius 3 is 3.14 bits per heavy atom. The number of carbonyl (C=O) groups excluding carboxylic acids is 1. The van der Waals surface area contributed by atoms with Crippen LogP contribution in [-0.4, -0.2) is 55.8 Å². The Labute approximate surface area is 130 Å². The van der Waals surface area contributed by atoms with Crippen LogP contribution in [0.5, 0.6) is 0 Å². The van der Waals surface area contributed by atoms with Gasteiger partial charge in [0.2, 0.25) is 5.91 Å². The van der Waals surface area contributed by atoms with Crippen molar-refractivity contribution in [3.8, 4) is 0 Å². The fourth-order valence-electron chi connectivity index (χ4n) is 3.07. The number of anilines is 1. The Bertz CT molecular complexity index is 502. The molecule has 1 fully saturated rings. The average molecular weight is 305 g/mol. The Hall–Kier alpha value is -1.04. The van der Waals surface area contributed by atoms with Crippen molar-refractivity contribution in [1.82, 2.24) is 10.2 Å². The lowest BCUT2D eigenvalue weighted by Gasteiger charge is -2.34. The van der Waals surface area contributed by atoms with E-state index in [1.165, 1.54) is 17.7 Å². The summed E-state index contributed by atoms with van der Waals surface area (Å²) in [5.41, 5.74) is 1.08. The summed E-state index contributed by atoms with van der Waals surface area (Å²) in [4.78, 5) is 18.1. The third kappa shape index (κ3) is 3.42. The number of fused-ring (bicyclic) bond motifs is 1. The van der Waals surface area contributed by atoms with Crippen LogP contribution in [0.25, 0.3) is 0 Å². The molecule has 0 aromatic heterocycles. The summed E-state index contributed by atoms with van der Waals surface area (Å²) >= 11 is 1.84. The van der Waals surface area contributed by atoms with Gasteiger partial charge in [-0.1, -0.05) is 12.1 Å². The molecule has 1 atom stereocenters. The molecule has 4 nitrogen and oxygen atoms in total. The van der Waals surface area contributed by atoms with Crippen molar-refractivity contribution in [3.63, 3.8) is 0 Å². The van der Waals surface area contributed by atoms with Crippen LogP contribution >= 0.6 is 11.8 Å². The number of amides is 1. The fourth-order valence-corrected chi connectivity index (χ4v) is 4.06. The normalized spacial score (nSPS) is 22.2. The molecule has 1 unspecified atom stereocenters. The second-order valence-electron chi connectivity index (χ2n) is 5.78. The first-order valence-corrected chi connectivity index (χ1v) is 8.67. The number of carbonyl (C=O) groups is 1. The first-order valence-electron chi connectivity index (χ1n) is 7.69. The molecule has 2 aliphatic rings. The largest absolute Gasteiger partial charge is 0.315 e. The van der Waals surface area contributed by atoms with Crippen LogP contribution in [0.3, 0.4) is 0 Å². The number of nitrogens with one attached hydrogen (secondary N) is 1. The molecule has 1 saturated heterocycles. The Balaban J connectivity index is 1.66. The highest BCUT2D eigenvalue weighted by Gasteiger charge is 2.26. The van der Waals surface area contributed by atoms with Crippen LogP contribution in [0.15, 0.2) is 29.2 Å². The lowest BCUT2D eigenvalue weighted by atomic mass is 10.1. The number of nitrogens with zero attached hydrogens (tertiary/aromatic N) is 2. The Kier molecular flexibility index (Phi) is 4.83. The van der Waals surface area contributed by atoms with Crippen molar-refractivity contribution in [1.29, 1.82) is 0 Å². The second-order valence-corrected chi connectivity index (χ2v) is 6.91. The van der Waals surface area contributed by atoms with Gasteiger partial charge in [-0.05, 0) is 38.6 Å². The van der Waals surface area contributed by atoms with E-state index >= 15 is 0 Å². The second kappa shape index (κ2) is 6.81. The molecule has 5 heteroatoms. The third-order valence-electron chi connectivity index (χ3n) is 4.31. The Morgan fingerprint density at radius 1 is 1.48 bits per heavy atom. The molecule has 0 aliphatic carbocycles. The van der Waals surface area contributed by atoms with Gasteiger partial charge in [-0.25, -0.2) is 0 Å². The number of rotatable bonds is 3. The van der Waals surface area contributed by atoms with Crippen LogP contribution in [0, 0.1) is 0 Å². The standard InChI is InChI=1S/C16H23N3OS/c1-18(13-5-4-8-17-11-13)12-16(20)19-9-10-21-15-7-3-2-6-14(15)19/h2-3,6-7,13,17H,4-5,8-12H2,1H3. The molecule has 0 spiro atoms. The van der Waals surface area contributed by atoms with Gasteiger partial charge >= 0.3 is 0 Å². The van der Waals surface area contributed by atoms with Gasteiger partial charge in [-0.15, -0.1) is 11.8 Å². The van der Waals surface area contributed by atoms with Crippen LogP contribution in [0.2, 0.25) is 0 Å². The zero-order chi connectivity index (χ0) is 14.7. The molecule has 2 aliphatic heterocycles. The van der Waals surface area contributed by atoms with Gasteiger partial charge in [-0.3, -0.25) is 9.69 Å². The van der Waals surface area contributed by atoms with Crippen molar-refractivity contribution in [2.24, 2.45) is 0 Å². The van der Waals surface area contributed by atoms with Crippen molar-refractivity contribution in [2.45, 2.75) is 23.8 Å². The first kappa shape index (κ1) is 14.9. The number of likely N-dealkylation sites (N-methyl/N-ethyl adjacent to an activating group) is 1. The van der Waals surface area contributed by atoms with Gasteiger partial charge in [0.1, 0.15) is 0 Å². The summed E-state index contributed by atoms with van der Waals surface area (Å²) in [6.45, 7) is 3.42. The number of thioether (sulfide) groups is 1. The fraction of sp³-hybridized carbons (Fsp3) is 0.562. The molecule has 0 bridgehead atoms. The number of piperidine rings is 1. The topological polar surface area (TPSA) is 35.6 Å². The molecule has 1 amide bonds. The predicted octanol–water partition coefficient (Wildman–Crippen LogP) is 1.81. The lowest BCUT2D eigenvalue weighted by molar-refractivity contribution is -0.120. The molecule has 0 radical (unpaired) electrons. The van der Waals surface area contributed by atoms with Crippen LogP contribution in [0.1, 0.15) is 12.8 Å². The minimum atomic E-state index is 0.218. The number of hydrogen-bond donors (Lipinski definition) is 1. The SMILES string of the molecule is CN(CC(=O)N1CCSc2ccccc21)C1CCCNC1. The molecule has 21 heavy (non-hydrogen) atoms. The van der Waals surface area contributed by atoms with E-state index in [1.54, 1.807) is 0 Å². The van der Waals surface area contributed by atoms with E-state index in [1.807, 2.05) is 28.8 Å². The molecule has 3 rings (SSSR count). The van der Waals surface area contributed by atoms with Gasteiger partial charge < -0.3 is 10.2 Å². The van der Waals surface area contributed by atoms with Gasteiger partial charge in [0.25, 0.3) is 0 Å². The Morgan fingerprint density at radius 2 is 2.33 bits per heavy atom. The molecule has 114 valence electrons. The summed E-state index contributed by atoms with van der Waals surface area (Å²) < 4.78 is 0. The van der Waals surface area contributed by atoms with Crippen LogP contribution in [-0.2, 0) is 4.79 Å². The van der Waals surface area contributed by atoms with Crippen molar-refractivity contribution < 1.29 is 4.79 Å². The molecule has 1 aromatic carbocycles. The van der Waals surface area contributed by atoms with E-state index in [0.29, 0.717) is 12.6 Å². The summed E-state index contributed by atoms with van der Waals surface area (Å²) in [6.07, 6.45) is 2.38. The predicted molar refractivity (Wildman–Crippen MR) is 88.0 cm³/mol. The lowest BCUT2D eigenvalue weighted by Crippen LogP contribution is -2.49. The molecule has 1 aromatic rings. The third-order valence-corrected chi connectivity index (χ3v) is 5.35. The quantitative estimate of drug-likeness (QED) is 0.924. The van der Waals surface area contributed by atoms with E-state index in [4.69, 9.17) is 0 Å². The highest BCUT2D eigenvalue weighted by molar-refractivity contribution is 7.99. The van der Waals surface area contributed by atoms with Gasteiger partial charge in [0.15, 0.2) is 0 Å². The first-order chi connectivity index (χ1) is 10.3. The smallest absolute Gasteiger partial charge is 0.241 e. The zero-order valence-electron chi connectivity index (χ0n) is 12.5. The van der Waals surface area contributed by atoms with Crippen LogP contribution < -0.4 is 10.2 Å². The number of hydrogen-bond acceptors (Lipinski definition) is 4. The highest BCUT2D eigenvalue weighted by atomic mass is 32.2. The summed E-state index contributed by atoms with van der Waals surface area (Å²) in [6, 6.07) is 8.70. The number of benzene rings is 1. The van der Waals surface area contributed by atoms with Gasteiger partial charge in [0.05, 0.1) is 12.2 Å². The minimum Gasteiger partial charge on any atom is -0.315 e. The minimum absolute atomic E-state index is 0.218. The summed E-state index contributed by atoms with van der Waals surface area (Å²) in [5.74, 6) is 1.20. The molecular formula is C16H23N3OS. The van der Waals surface area contributed by atoms with Crippen molar-refractivity contribution >= 4 is 23.4 Å². The maximum atomic E-state index is 12.7. The summed E-state index contributed by atoms with van der Waals surface area (Å²) in [5, 5.41) is 3.41. The zero-order valence-corrected chi connectivity index (χ0v) is 13.4. The van der Waals surface area contributed by atoms with Crippen LogP contribution in [0.4, 0.5) is 5.69 Å². The van der Waals surface area contributed by atoms with Gasteiger partial charge in [-0.2, -0.15) is 0 Å². The molecular weight excluding hydrogens is 282 g/mol. The van der Waals surface area contributed by atoms with E-state index in [-0.39, 0.29) is 5.91 Å². The van der Waals surface area contributed by atoms with Crippen molar-refractivity contribution in [2.75, 3.05) is 43.9 Å². The van der Waals surface area contributed by atoms with Gasteiger partial charge in [0, 0.05) is 29.8 Å². The maximum Gasteiger partial charge on any atom is 0.241 e. The van der Waals surface area contributed by atoms with E-state index in [2.05, 4.69) is 29.4 Å². The monoisotopic (exact) mass is 305 g/mol. The van der Waals surface area contributed by atoms with Crippen molar-refractivity contribution in [3.05, 3.63) is 24.3 Å². The maximum absolute atomic E-state index is 12.7. The van der Waals surface area contributed by atoms with E-state index in [9.17, 15) is 4.79 Å². The molecule has 1 N–H and O–H groups in total. The van der Waals surface area contributed by atoms with E-state index < -0.39 is 0 Å². The summed E-state index contributed by atoms with van der Waals surface area (Å²) in [7, 11) is 2.07. The number of para-hydroxylation sites is 1. The molecule has 0 saturated carbocycles. The highest BCUT2D eigenvalue weighted by Crippen LogP contribution is 2.34. The molecule has 2 heterocycles.